The lowest BCUT2D eigenvalue weighted by molar-refractivity contribution is -0.141. The molecule has 12 nitrogen and oxygen atoms in total. The molecule has 13 heteroatoms. The molecular weight excluding hydrogens is 384 g/mol. The fraction of sp³-hybridized carbons (Fsp3) is 0.643. The van der Waals surface area contributed by atoms with Crippen molar-refractivity contribution < 1.29 is 39.3 Å². The summed E-state index contributed by atoms with van der Waals surface area (Å²) in [6.45, 7) is 1.23. The minimum absolute atomic E-state index is 0.0344. The first-order valence-corrected chi connectivity index (χ1v) is 8.98. The molecule has 2 amide bonds. The van der Waals surface area contributed by atoms with E-state index in [0.717, 1.165) is 11.8 Å². The number of hydrogen-bond acceptors (Lipinski definition) is 8. The monoisotopic (exact) mass is 408 g/mol. The molecule has 0 aromatic rings. The number of carbonyl (C=O) groups excluding carboxylic acids is 2. The second-order valence-electron chi connectivity index (χ2n) is 5.65. The van der Waals surface area contributed by atoms with E-state index in [2.05, 4.69) is 10.6 Å². The lowest BCUT2D eigenvalue weighted by Gasteiger charge is -2.20. The SMILES string of the molecule is C[C@@H](NC(=O)[C@@H](CSC[C@H](N)C(=O)O)NC(=O)CC[C@@H](N)C(=O)O)C(=O)O. The quantitative estimate of drug-likeness (QED) is 0.167. The van der Waals surface area contributed by atoms with Crippen LogP contribution in [0.15, 0.2) is 0 Å². The topological polar surface area (TPSA) is 222 Å². The number of amides is 2. The molecule has 0 saturated heterocycles. The van der Waals surface area contributed by atoms with E-state index in [0.29, 0.717) is 0 Å². The van der Waals surface area contributed by atoms with Gasteiger partial charge >= 0.3 is 17.9 Å². The standard InChI is InChI=1S/C14H24N4O8S/c1-6(12(21)22)17-11(20)9(5-27-4-8(16)14(25)26)18-10(19)3-2-7(15)13(23)24/h6-9H,2-5,15-16H2,1H3,(H,17,20)(H,18,19)(H,21,22)(H,23,24)(H,25,26)/t6-,7-,8+,9-/m1/s1. The normalized spacial score (nSPS) is 15.1. The molecule has 0 saturated carbocycles. The molecule has 4 atom stereocenters. The maximum Gasteiger partial charge on any atom is 0.325 e. The van der Waals surface area contributed by atoms with Gasteiger partial charge in [0.1, 0.15) is 24.2 Å². The second kappa shape index (κ2) is 12.1. The van der Waals surface area contributed by atoms with Gasteiger partial charge in [-0.25, -0.2) is 0 Å². The van der Waals surface area contributed by atoms with Crippen molar-refractivity contribution in [2.45, 2.75) is 43.9 Å². The zero-order valence-corrected chi connectivity index (χ0v) is 15.4. The van der Waals surface area contributed by atoms with Crippen molar-refractivity contribution in [3.8, 4) is 0 Å². The number of rotatable bonds is 13. The van der Waals surface area contributed by atoms with Crippen LogP contribution in [0.5, 0.6) is 0 Å². The molecule has 0 spiro atoms. The first-order valence-electron chi connectivity index (χ1n) is 7.82. The molecular formula is C14H24N4O8S. The van der Waals surface area contributed by atoms with Gasteiger partial charge in [0.2, 0.25) is 11.8 Å². The Balaban J connectivity index is 4.82. The third-order valence-corrected chi connectivity index (χ3v) is 4.44. The molecule has 0 unspecified atom stereocenters. The third-order valence-electron chi connectivity index (χ3n) is 3.28. The number of nitrogens with one attached hydrogen (secondary N) is 2. The molecule has 0 aromatic heterocycles. The van der Waals surface area contributed by atoms with Crippen LogP contribution in [0.4, 0.5) is 0 Å². The van der Waals surface area contributed by atoms with Crippen molar-refractivity contribution in [3.63, 3.8) is 0 Å². The second-order valence-corrected chi connectivity index (χ2v) is 6.73. The number of carboxylic acids is 3. The first-order chi connectivity index (χ1) is 12.5. The maximum absolute atomic E-state index is 12.2. The van der Waals surface area contributed by atoms with Gasteiger partial charge in [0.05, 0.1) is 0 Å². The molecule has 0 rings (SSSR count). The van der Waals surface area contributed by atoms with E-state index in [4.69, 9.17) is 26.8 Å². The van der Waals surface area contributed by atoms with E-state index in [1.165, 1.54) is 6.92 Å². The van der Waals surface area contributed by atoms with Gasteiger partial charge in [0.15, 0.2) is 0 Å². The van der Waals surface area contributed by atoms with Crippen LogP contribution in [0.1, 0.15) is 19.8 Å². The number of thioether (sulfide) groups is 1. The van der Waals surface area contributed by atoms with Crippen molar-refractivity contribution >= 4 is 41.5 Å². The van der Waals surface area contributed by atoms with E-state index in [1.54, 1.807) is 0 Å². The summed E-state index contributed by atoms with van der Waals surface area (Å²) in [5.74, 6) is -5.31. The van der Waals surface area contributed by atoms with Crippen molar-refractivity contribution in [1.29, 1.82) is 0 Å². The Morgan fingerprint density at radius 3 is 1.93 bits per heavy atom. The molecule has 0 aliphatic rings. The van der Waals surface area contributed by atoms with E-state index in [1.807, 2.05) is 0 Å². The van der Waals surface area contributed by atoms with E-state index in [-0.39, 0.29) is 24.3 Å². The van der Waals surface area contributed by atoms with Gasteiger partial charge in [0.25, 0.3) is 0 Å². The van der Waals surface area contributed by atoms with Crippen LogP contribution in [0, 0.1) is 0 Å². The minimum atomic E-state index is -1.28. The van der Waals surface area contributed by atoms with Crippen molar-refractivity contribution in [2.75, 3.05) is 11.5 Å². The van der Waals surface area contributed by atoms with Gasteiger partial charge in [-0.2, -0.15) is 11.8 Å². The Hall–Kier alpha value is -2.38. The van der Waals surface area contributed by atoms with E-state index in [9.17, 15) is 24.0 Å². The Morgan fingerprint density at radius 2 is 1.44 bits per heavy atom. The summed E-state index contributed by atoms with van der Waals surface area (Å²) in [7, 11) is 0. The van der Waals surface area contributed by atoms with Crippen LogP contribution in [-0.2, 0) is 24.0 Å². The van der Waals surface area contributed by atoms with Crippen molar-refractivity contribution in [2.24, 2.45) is 11.5 Å². The summed E-state index contributed by atoms with van der Waals surface area (Å²) in [5.41, 5.74) is 10.7. The van der Waals surface area contributed by atoms with E-state index < -0.39 is 53.9 Å². The Morgan fingerprint density at radius 1 is 0.889 bits per heavy atom. The van der Waals surface area contributed by atoms with Gasteiger partial charge in [-0.15, -0.1) is 0 Å². The summed E-state index contributed by atoms with van der Waals surface area (Å²) in [6.07, 6.45) is -0.414. The minimum Gasteiger partial charge on any atom is -0.480 e. The van der Waals surface area contributed by atoms with Crippen LogP contribution < -0.4 is 22.1 Å². The highest BCUT2D eigenvalue weighted by Crippen LogP contribution is 2.07. The highest BCUT2D eigenvalue weighted by Gasteiger charge is 2.25. The van der Waals surface area contributed by atoms with E-state index >= 15 is 0 Å². The predicted octanol–water partition coefficient (Wildman–Crippen LogP) is -2.60. The molecule has 9 N–H and O–H groups in total. The molecule has 0 bridgehead atoms. The Kier molecular flexibility index (Phi) is 11.0. The molecule has 0 radical (unpaired) electrons. The maximum atomic E-state index is 12.2. The first kappa shape index (κ1) is 24.6. The van der Waals surface area contributed by atoms with Gasteiger partial charge < -0.3 is 37.4 Å². The van der Waals surface area contributed by atoms with Crippen LogP contribution in [0.25, 0.3) is 0 Å². The fourth-order valence-corrected chi connectivity index (χ4v) is 2.62. The number of nitrogens with two attached hydrogens (primary N) is 2. The average molecular weight is 408 g/mol. The number of aliphatic carboxylic acids is 3. The summed E-state index contributed by atoms with van der Waals surface area (Å²) in [6, 6.07) is -4.77. The van der Waals surface area contributed by atoms with Gasteiger partial charge in [-0.1, -0.05) is 0 Å². The number of hydrogen-bond donors (Lipinski definition) is 7. The summed E-state index contributed by atoms with van der Waals surface area (Å²) in [4.78, 5) is 56.3. The third kappa shape index (κ3) is 10.4. The van der Waals surface area contributed by atoms with Crippen LogP contribution in [-0.4, -0.2) is 80.7 Å². The van der Waals surface area contributed by atoms with Gasteiger partial charge in [-0.3, -0.25) is 24.0 Å². The Bertz CT molecular complexity index is 573. The zero-order chi connectivity index (χ0) is 21.1. The molecule has 27 heavy (non-hydrogen) atoms. The summed E-state index contributed by atoms with van der Waals surface area (Å²) in [5, 5.41) is 30.8. The van der Waals surface area contributed by atoms with Crippen molar-refractivity contribution in [3.05, 3.63) is 0 Å². The van der Waals surface area contributed by atoms with Gasteiger partial charge in [-0.05, 0) is 13.3 Å². The lowest BCUT2D eigenvalue weighted by Crippen LogP contribution is -2.52. The molecule has 0 fully saturated rings. The van der Waals surface area contributed by atoms with Crippen molar-refractivity contribution in [1.82, 2.24) is 10.6 Å². The average Bonchev–Trinajstić information content (AvgIpc) is 2.57. The summed E-state index contributed by atoms with van der Waals surface area (Å²) < 4.78 is 0. The predicted molar refractivity (Wildman–Crippen MR) is 95.0 cm³/mol. The largest absolute Gasteiger partial charge is 0.480 e. The Labute approximate surface area is 159 Å². The zero-order valence-electron chi connectivity index (χ0n) is 14.6. The highest BCUT2D eigenvalue weighted by atomic mass is 32.2. The van der Waals surface area contributed by atoms with Crippen LogP contribution >= 0.6 is 11.8 Å². The molecule has 0 aromatic carbocycles. The number of carbonyl (C=O) groups is 5. The van der Waals surface area contributed by atoms with Crippen LogP contribution in [0.2, 0.25) is 0 Å². The summed E-state index contributed by atoms with van der Waals surface area (Å²) >= 11 is 0.985. The highest BCUT2D eigenvalue weighted by molar-refractivity contribution is 7.99. The number of carboxylic acid groups (broad SMARTS) is 3. The van der Waals surface area contributed by atoms with Gasteiger partial charge in [0, 0.05) is 17.9 Å². The van der Waals surface area contributed by atoms with Crippen LogP contribution in [0.3, 0.4) is 0 Å². The molecule has 0 aliphatic carbocycles. The lowest BCUT2D eigenvalue weighted by atomic mass is 10.1. The molecule has 0 heterocycles. The fourth-order valence-electron chi connectivity index (χ4n) is 1.62. The smallest absolute Gasteiger partial charge is 0.325 e. The molecule has 0 aliphatic heterocycles. The molecule has 154 valence electrons.